The predicted molar refractivity (Wildman–Crippen MR) is 48.4 cm³/mol. The van der Waals surface area contributed by atoms with Gasteiger partial charge in [-0.15, -0.1) is 0 Å². The Morgan fingerprint density at radius 2 is 1.77 bits per heavy atom. The maximum absolute atomic E-state index is 6.36. The summed E-state index contributed by atoms with van der Waals surface area (Å²) in [5.74, 6) is 0. The molecule has 0 atom stereocenters. The Balaban J connectivity index is 1.91. The molecule has 1 aliphatic carbocycles. The molecular formula is C10H17NO2. The van der Waals surface area contributed by atoms with E-state index >= 15 is 0 Å². The summed E-state index contributed by atoms with van der Waals surface area (Å²) in [6.07, 6.45) is 4.05. The first-order valence-electron chi connectivity index (χ1n) is 5.15. The van der Waals surface area contributed by atoms with Crippen LogP contribution in [-0.2, 0) is 9.47 Å². The Bertz CT molecular complexity index is 239. The van der Waals surface area contributed by atoms with Crippen LogP contribution in [0, 0.1) is 0 Å². The summed E-state index contributed by atoms with van der Waals surface area (Å²) in [5.41, 5.74) is 6.37. The van der Waals surface area contributed by atoms with Gasteiger partial charge in [-0.25, -0.2) is 0 Å². The molecule has 74 valence electrons. The van der Waals surface area contributed by atoms with Crippen molar-refractivity contribution in [1.29, 1.82) is 0 Å². The van der Waals surface area contributed by atoms with Crippen LogP contribution in [0.3, 0.4) is 0 Å². The van der Waals surface area contributed by atoms with Crippen molar-refractivity contribution in [3.05, 3.63) is 0 Å². The minimum absolute atomic E-state index is 0.0362. The first kappa shape index (κ1) is 8.21. The van der Waals surface area contributed by atoms with E-state index in [4.69, 9.17) is 15.2 Å². The Morgan fingerprint density at radius 3 is 2.23 bits per heavy atom. The Morgan fingerprint density at radius 1 is 1.15 bits per heavy atom. The first-order valence-corrected chi connectivity index (χ1v) is 5.15. The predicted octanol–water partition coefficient (Wildman–Crippen LogP) is 0.816. The van der Waals surface area contributed by atoms with Gasteiger partial charge in [0, 0.05) is 26.1 Å². The lowest BCUT2D eigenvalue weighted by Crippen LogP contribution is -2.62. The van der Waals surface area contributed by atoms with Crippen LogP contribution >= 0.6 is 0 Å². The molecule has 4 aliphatic rings. The van der Waals surface area contributed by atoms with Gasteiger partial charge in [-0.3, -0.25) is 0 Å². The van der Waals surface area contributed by atoms with Gasteiger partial charge in [0.15, 0.2) is 0 Å². The van der Waals surface area contributed by atoms with Crippen molar-refractivity contribution in [3.63, 3.8) is 0 Å². The molecule has 3 aliphatic heterocycles. The zero-order chi connectivity index (χ0) is 9.16. The molecule has 2 N–H and O–H groups in total. The normalized spacial score (nSPS) is 52.2. The third kappa shape index (κ3) is 0.853. The second-order valence-corrected chi connectivity index (χ2v) is 5.17. The number of hydrogen-bond acceptors (Lipinski definition) is 3. The third-order valence-corrected chi connectivity index (χ3v) is 4.03. The van der Waals surface area contributed by atoms with E-state index in [0.29, 0.717) is 0 Å². The zero-order valence-electron chi connectivity index (χ0n) is 8.14. The summed E-state index contributed by atoms with van der Waals surface area (Å²) in [6.45, 7) is 3.81. The quantitative estimate of drug-likeness (QED) is 0.604. The first-order chi connectivity index (χ1) is 6.08. The van der Waals surface area contributed by atoms with Gasteiger partial charge in [0.2, 0.25) is 0 Å². The molecule has 0 unspecified atom stereocenters. The van der Waals surface area contributed by atoms with Crippen LogP contribution in [0.25, 0.3) is 0 Å². The second kappa shape index (κ2) is 2.10. The van der Waals surface area contributed by atoms with E-state index in [-0.39, 0.29) is 16.7 Å². The van der Waals surface area contributed by atoms with Gasteiger partial charge in [0.25, 0.3) is 0 Å². The monoisotopic (exact) mass is 183 g/mol. The topological polar surface area (TPSA) is 44.5 Å². The molecule has 1 saturated carbocycles. The average Bonchev–Trinajstić information content (AvgIpc) is 2.32. The van der Waals surface area contributed by atoms with Crippen molar-refractivity contribution in [1.82, 2.24) is 0 Å². The van der Waals surface area contributed by atoms with Crippen LogP contribution in [0.4, 0.5) is 0 Å². The molecule has 13 heavy (non-hydrogen) atoms. The summed E-state index contributed by atoms with van der Waals surface area (Å²) >= 11 is 0. The molecule has 4 rings (SSSR count). The van der Waals surface area contributed by atoms with Gasteiger partial charge in [-0.1, -0.05) is 0 Å². The smallest absolute Gasteiger partial charge is 0.0914 e. The fourth-order valence-electron chi connectivity index (χ4n) is 3.55. The molecule has 3 heterocycles. The molecule has 1 spiro atoms. The Hall–Kier alpha value is -0.120. The van der Waals surface area contributed by atoms with Crippen molar-refractivity contribution < 1.29 is 9.47 Å². The lowest BCUT2D eigenvalue weighted by Gasteiger charge is -2.45. The molecule has 2 bridgehead atoms. The molecule has 0 aromatic rings. The summed E-state index contributed by atoms with van der Waals surface area (Å²) in [7, 11) is 0. The number of ether oxygens (including phenoxy) is 2. The Kier molecular flexibility index (Phi) is 1.33. The van der Waals surface area contributed by atoms with Crippen molar-refractivity contribution >= 4 is 0 Å². The maximum atomic E-state index is 6.36. The highest BCUT2D eigenvalue weighted by Gasteiger charge is 2.71. The molecule has 3 heteroatoms. The van der Waals surface area contributed by atoms with Crippen molar-refractivity contribution in [2.75, 3.05) is 13.2 Å². The van der Waals surface area contributed by atoms with E-state index in [1.165, 1.54) is 0 Å². The van der Waals surface area contributed by atoms with E-state index in [2.05, 4.69) is 6.92 Å². The highest BCUT2D eigenvalue weighted by molar-refractivity contribution is 5.25. The van der Waals surface area contributed by atoms with Crippen LogP contribution in [0.15, 0.2) is 0 Å². The SMILES string of the molecule is CC12CC(N)(C1)C1(CCOCC1)O2. The van der Waals surface area contributed by atoms with Crippen molar-refractivity contribution in [3.8, 4) is 0 Å². The molecule has 0 amide bonds. The molecular weight excluding hydrogens is 166 g/mol. The lowest BCUT2D eigenvalue weighted by molar-refractivity contribution is -0.110. The zero-order valence-corrected chi connectivity index (χ0v) is 8.14. The largest absolute Gasteiger partial charge is 0.381 e. The number of rotatable bonds is 0. The molecule has 3 nitrogen and oxygen atoms in total. The fourth-order valence-corrected chi connectivity index (χ4v) is 3.55. The van der Waals surface area contributed by atoms with Gasteiger partial charge < -0.3 is 15.2 Å². The third-order valence-electron chi connectivity index (χ3n) is 4.03. The average molecular weight is 183 g/mol. The van der Waals surface area contributed by atoms with Gasteiger partial charge >= 0.3 is 0 Å². The summed E-state index contributed by atoms with van der Waals surface area (Å²) < 4.78 is 11.5. The maximum Gasteiger partial charge on any atom is 0.0914 e. The van der Waals surface area contributed by atoms with Crippen molar-refractivity contribution in [2.45, 2.75) is 49.3 Å². The van der Waals surface area contributed by atoms with E-state index in [0.717, 1.165) is 38.9 Å². The molecule has 4 fully saturated rings. The van der Waals surface area contributed by atoms with Crippen LogP contribution in [-0.4, -0.2) is 30.0 Å². The summed E-state index contributed by atoms with van der Waals surface area (Å²) in [5, 5.41) is 0. The van der Waals surface area contributed by atoms with Crippen molar-refractivity contribution in [2.24, 2.45) is 5.73 Å². The van der Waals surface area contributed by atoms with Gasteiger partial charge in [0.1, 0.15) is 0 Å². The van der Waals surface area contributed by atoms with Gasteiger partial charge in [-0.2, -0.15) is 0 Å². The molecule has 0 aromatic heterocycles. The van der Waals surface area contributed by atoms with E-state index in [1.807, 2.05) is 0 Å². The van der Waals surface area contributed by atoms with Crippen LogP contribution in [0.1, 0.15) is 32.6 Å². The fraction of sp³-hybridized carbons (Fsp3) is 1.00. The summed E-state index contributed by atoms with van der Waals surface area (Å²) in [6, 6.07) is 0. The van der Waals surface area contributed by atoms with E-state index in [1.54, 1.807) is 0 Å². The number of hydrogen-bond donors (Lipinski definition) is 1. The molecule has 0 aromatic carbocycles. The highest BCUT2D eigenvalue weighted by Crippen LogP contribution is 2.61. The minimum atomic E-state index is -0.0417. The van der Waals surface area contributed by atoms with Crippen LogP contribution < -0.4 is 5.73 Å². The Labute approximate surface area is 78.6 Å². The lowest BCUT2D eigenvalue weighted by atomic mass is 9.61. The minimum Gasteiger partial charge on any atom is -0.381 e. The summed E-state index contributed by atoms with van der Waals surface area (Å²) in [4.78, 5) is 0. The van der Waals surface area contributed by atoms with E-state index < -0.39 is 0 Å². The molecule has 0 radical (unpaired) electrons. The second-order valence-electron chi connectivity index (χ2n) is 5.17. The van der Waals surface area contributed by atoms with E-state index in [9.17, 15) is 0 Å². The standard InChI is InChI=1S/C10H17NO2/c1-8-6-9(11,7-8)10(13-8)2-4-12-5-3-10/h2-7,11H2,1H3. The van der Waals surface area contributed by atoms with Crippen LogP contribution in [0.2, 0.25) is 0 Å². The van der Waals surface area contributed by atoms with Gasteiger partial charge in [0.05, 0.1) is 16.7 Å². The van der Waals surface area contributed by atoms with Gasteiger partial charge in [-0.05, 0) is 19.8 Å². The highest BCUT2D eigenvalue weighted by atomic mass is 16.6. The molecule has 3 saturated heterocycles. The van der Waals surface area contributed by atoms with Crippen LogP contribution in [0.5, 0.6) is 0 Å². The number of nitrogens with two attached hydrogens (primary N) is 1.